The van der Waals surface area contributed by atoms with Gasteiger partial charge in [-0.2, -0.15) is 4.39 Å². The molecule has 0 aliphatic carbocycles. The van der Waals surface area contributed by atoms with Gasteiger partial charge in [0.05, 0.1) is 11.0 Å². The molecule has 0 radical (unpaired) electrons. The van der Waals surface area contributed by atoms with Crippen LogP contribution in [0.2, 0.25) is 0 Å². The monoisotopic (exact) mass is 468 g/mol. The maximum absolute atomic E-state index is 13.7. The van der Waals surface area contributed by atoms with E-state index in [1.807, 2.05) is 54.9 Å². The Morgan fingerprint density at radius 1 is 1.00 bits per heavy atom. The minimum Gasteiger partial charge on any atom is -0.457 e. The van der Waals surface area contributed by atoms with E-state index in [4.69, 9.17) is 15.5 Å². The molecule has 174 valence electrons. The van der Waals surface area contributed by atoms with Gasteiger partial charge in [0, 0.05) is 43.3 Å². The van der Waals surface area contributed by atoms with Crippen LogP contribution >= 0.6 is 0 Å². The van der Waals surface area contributed by atoms with E-state index in [1.54, 1.807) is 12.1 Å². The number of anilines is 2. The normalized spacial score (nSPS) is 10.9. The number of rotatable bonds is 6. The minimum absolute atomic E-state index is 0.125. The predicted octanol–water partition coefficient (Wildman–Crippen LogP) is 5.11. The van der Waals surface area contributed by atoms with Crippen molar-refractivity contribution in [2.75, 3.05) is 5.32 Å². The Morgan fingerprint density at radius 2 is 1.80 bits per heavy atom. The number of halogens is 1. The first-order valence-corrected chi connectivity index (χ1v) is 10.8. The van der Waals surface area contributed by atoms with Gasteiger partial charge in [-0.15, -0.1) is 0 Å². The van der Waals surface area contributed by atoms with Crippen LogP contribution < -0.4 is 15.8 Å². The van der Waals surface area contributed by atoms with Gasteiger partial charge in [-0.05, 0) is 60.0 Å². The zero-order chi connectivity index (χ0) is 24.5. The molecule has 0 spiro atoms. The maximum Gasteiger partial charge on any atom is 0.267 e. The summed E-state index contributed by atoms with van der Waals surface area (Å²) < 4.78 is 21.5. The van der Waals surface area contributed by atoms with Crippen LogP contribution in [-0.2, 0) is 7.05 Å². The molecule has 0 aliphatic rings. The zero-order valence-electron chi connectivity index (χ0n) is 19.0. The van der Waals surface area contributed by atoms with Crippen molar-refractivity contribution in [1.82, 2.24) is 19.5 Å². The molecule has 3 heterocycles. The molecule has 0 aliphatic heterocycles. The highest BCUT2D eigenvalue weighted by Crippen LogP contribution is 2.30. The van der Waals surface area contributed by atoms with Gasteiger partial charge in [-0.25, -0.2) is 9.97 Å². The van der Waals surface area contributed by atoms with E-state index in [1.165, 1.54) is 24.5 Å². The number of imidazole rings is 1. The molecule has 1 amide bonds. The van der Waals surface area contributed by atoms with Gasteiger partial charge >= 0.3 is 0 Å². The van der Waals surface area contributed by atoms with Gasteiger partial charge in [0.25, 0.3) is 5.91 Å². The number of nitrogens with one attached hydrogen (secondary N) is 1. The lowest BCUT2D eigenvalue weighted by atomic mass is 10.0. The van der Waals surface area contributed by atoms with Crippen molar-refractivity contribution in [2.24, 2.45) is 12.8 Å². The summed E-state index contributed by atoms with van der Waals surface area (Å²) in [5.41, 5.74) is 10.5. The molecule has 0 saturated carbocycles. The summed E-state index contributed by atoms with van der Waals surface area (Å²) in [5, 5.41) is 3.34. The van der Waals surface area contributed by atoms with Crippen molar-refractivity contribution in [2.45, 2.75) is 6.92 Å². The van der Waals surface area contributed by atoms with Crippen LogP contribution in [0.25, 0.3) is 22.2 Å². The number of nitrogens with two attached hydrogens (primary N) is 1. The van der Waals surface area contributed by atoms with Crippen molar-refractivity contribution in [3.8, 4) is 22.6 Å². The average Bonchev–Trinajstić information content (AvgIpc) is 3.14. The summed E-state index contributed by atoms with van der Waals surface area (Å²) in [7, 11) is 1.91. The maximum atomic E-state index is 13.7. The van der Waals surface area contributed by atoms with E-state index in [0.29, 0.717) is 17.4 Å². The van der Waals surface area contributed by atoms with Gasteiger partial charge < -0.3 is 20.4 Å². The molecule has 0 saturated heterocycles. The SMILES string of the molecule is Cc1ccc(Nc2nc3cc(Oc4ccnc(C(N)=O)c4)ccc3n2C)cc1-c1ccnc(F)c1. The largest absolute Gasteiger partial charge is 0.457 e. The van der Waals surface area contributed by atoms with Crippen LogP contribution in [0.4, 0.5) is 16.0 Å². The first-order chi connectivity index (χ1) is 16.9. The highest BCUT2D eigenvalue weighted by molar-refractivity contribution is 5.91. The Bertz CT molecular complexity index is 1580. The van der Waals surface area contributed by atoms with Gasteiger partial charge in [0.2, 0.25) is 11.9 Å². The summed E-state index contributed by atoms with van der Waals surface area (Å²) in [4.78, 5) is 23.6. The second-order valence-corrected chi connectivity index (χ2v) is 8.01. The number of pyridine rings is 2. The number of nitrogens with zero attached hydrogens (tertiary/aromatic N) is 4. The zero-order valence-corrected chi connectivity index (χ0v) is 19.0. The highest BCUT2D eigenvalue weighted by atomic mass is 19.1. The lowest BCUT2D eigenvalue weighted by Gasteiger charge is -2.11. The fourth-order valence-electron chi connectivity index (χ4n) is 3.81. The fraction of sp³-hybridized carbons (Fsp3) is 0.0769. The highest BCUT2D eigenvalue weighted by Gasteiger charge is 2.12. The third kappa shape index (κ3) is 4.51. The molecule has 8 nitrogen and oxygen atoms in total. The molecule has 0 atom stereocenters. The van der Waals surface area contributed by atoms with Crippen molar-refractivity contribution in [3.63, 3.8) is 0 Å². The standard InChI is InChI=1S/C26H21FN6O2/c1-15-3-4-17(12-20(15)16-7-9-30-24(27)11-16)31-26-32-21-13-18(5-6-23(21)33(26)2)35-19-8-10-29-22(14-19)25(28)34/h3-14H,1-2H3,(H2,28,34)(H,31,32). The summed E-state index contributed by atoms with van der Waals surface area (Å²) in [6.45, 7) is 1.98. The topological polar surface area (TPSA) is 108 Å². The molecular formula is C26H21FN6O2. The number of amides is 1. The molecule has 5 rings (SSSR count). The third-order valence-electron chi connectivity index (χ3n) is 5.60. The summed E-state index contributed by atoms with van der Waals surface area (Å²) in [6.07, 6.45) is 2.92. The van der Waals surface area contributed by atoms with Crippen LogP contribution in [-0.4, -0.2) is 25.4 Å². The van der Waals surface area contributed by atoms with E-state index in [-0.39, 0.29) is 5.69 Å². The molecule has 0 bridgehead atoms. The Balaban J connectivity index is 1.43. The average molecular weight is 468 g/mol. The number of aromatic nitrogens is 4. The molecule has 2 aromatic carbocycles. The molecular weight excluding hydrogens is 447 g/mol. The minimum atomic E-state index is -0.625. The molecule has 35 heavy (non-hydrogen) atoms. The van der Waals surface area contributed by atoms with Gasteiger partial charge in [0.15, 0.2) is 0 Å². The number of hydrogen-bond donors (Lipinski definition) is 2. The van der Waals surface area contributed by atoms with E-state index < -0.39 is 11.9 Å². The van der Waals surface area contributed by atoms with Gasteiger partial charge in [-0.1, -0.05) is 6.07 Å². The first kappa shape index (κ1) is 22.0. The number of aryl methyl sites for hydroxylation is 2. The smallest absolute Gasteiger partial charge is 0.267 e. The molecule has 3 N–H and O–H groups in total. The van der Waals surface area contributed by atoms with E-state index in [9.17, 15) is 9.18 Å². The van der Waals surface area contributed by atoms with E-state index in [2.05, 4.69) is 15.3 Å². The second kappa shape index (κ2) is 8.86. The van der Waals surface area contributed by atoms with Crippen molar-refractivity contribution in [1.29, 1.82) is 0 Å². The molecule has 5 aromatic rings. The number of carbonyl (C=O) groups is 1. The molecule has 0 unspecified atom stereocenters. The second-order valence-electron chi connectivity index (χ2n) is 8.01. The fourth-order valence-corrected chi connectivity index (χ4v) is 3.81. The quantitative estimate of drug-likeness (QED) is 0.335. The van der Waals surface area contributed by atoms with Gasteiger partial charge in [0.1, 0.15) is 17.2 Å². The number of hydrogen-bond acceptors (Lipinski definition) is 6. The Kier molecular flexibility index (Phi) is 5.58. The number of primary amides is 1. The van der Waals surface area contributed by atoms with Gasteiger partial charge in [-0.3, -0.25) is 9.78 Å². The molecule has 3 aromatic heterocycles. The van der Waals surface area contributed by atoms with Crippen molar-refractivity contribution >= 4 is 28.6 Å². The van der Waals surface area contributed by atoms with E-state index >= 15 is 0 Å². The number of fused-ring (bicyclic) bond motifs is 1. The summed E-state index contributed by atoms with van der Waals surface area (Å²) >= 11 is 0. The first-order valence-electron chi connectivity index (χ1n) is 10.8. The van der Waals surface area contributed by atoms with Crippen LogP contribution in [0.1, 0.15) is 16.1 Å². The predicted molar refractivity (Wildman–Crippen MR) is 131 cm³/mol. The van der Waals surface area contributed by atoms with Crippen molar-refractivity contribution < 1.29 is 13.9 Å². The lowest BCUT2D eigenvalue weighted by Crippen LogP contribution is -2.12. The van der Waals surface area contributed by atoms with Crippen LogP contribution in [0.3, 0.4) is 0 Å². The number of carbonyl (C=O) groups excluding carboxylic acids is 1. The Morgan fingerprint density at radius 3 is 2.60 bits per heavy atom. The van der Waals surface area contributed by atoms with E-state index in [0.717, 1.165) is 33.4 Å². The Labute approximate surface area is 200 Å². The van der Waals surface area contributed by atoms with Crippen LogP contribution in [0.15, 0.2) is 73.1 Å². The Hall–Kier alpha value is -4.79. The van der Waals surface area contributed by atoms with Crippen molar-refractivity contribution in [3.05, 3.63) is 90.3 Å². The molecule has 0 fully saturated rings. The summed E-state index contributed by atoms with van der Waals surface area (Å²) in [5.74, 6) is 0.488. The molecule has 9 heteroatoms. The van der Waals surface area contributed by atoms with Crippen LogP contribution in [0.5, 0.6) is 11.5 Å². The summed E-state index contributed by atoms with van der Waals surface area (Å²) in [6, 6.07) is 17.7. The third-order valence-corrected chi connectivity index (χ3v) is 5.60. The number of benzene rings is 2. The lowest BCUT2D eigenvalue weighted by molar-refractivity contribution is 0.0995. The number of ether oxygens (including phenoxy) is 1. The van der Waals surface area contributed by atoms with Crippen LogP contribution in [0, 0.1) is 12.9 Å².